The molecule has 1 saturated heterocycles. The molecular formula is C32H45ClFN3O5S. The van der Waals surface area contributed by atoms with Crippen molar-refractivity contribution in [3.63, 3.8) is 0 Å². The third kappa shape index (κ3) is 11.3. The Kier molecular flexibility index (Phi) is 14.1. The van der Waals surface area contributed by atoms with Crippen molar-refractivity contribution in [1.29, 1.82) is 0 Å². The van der Waals surface area contributed by atoms with Gasteiger partial charge in [-0.1, -0.05) is 55.8 Å². The van der Waals surface area contributed by atoms with Gasteiger partial charge in [-0.2, -0.15) is 0 Å². The number of aliphatic hydroxyl groups is 1. The Hall–Kier alpha value is -2.34. The molecule has 1 aliphatic heterocycles. The molecule has 4 N–H and O–H groups in total. The molecule has 3 atom stereocenters. The average Bonchev–Trinajstić information content (AvgIpc) is 3.84. The fourth-order valence-corrected chi connectivity index (χ4v) is 6.72. The van der Waals surface area contributed by atoms with Crippen molar-refractivity contribution in [1.82, 2.24) is 10.0 Å². The van der Waals surface area contributed by atoms with Gasteiger partial charge in [-0.05, 0) is 74.3 Å². The lowest BCUT2D eigenvalue weighted by Crippen LogP contribution is -2.45. The fourth-order valence-electron chi connectivity index (χ4n) is 5.27. The Morgan fingerprint density at radius 3 is 2.40 bits per heavy atom. The van der Waals surface area contributed by atoms with Crippen LogP contribution in [0.25, 0.3) is 0 Å². The van der Waals surface area contributed by atoms with Crippen molar-refractivity contribution in [2.75, 3.05) is 31.6 Å². The number of hydrogen-bond acceptors (Lipinski definition) is 6. The summed E-state index contributed by atoms with van der Waals surface area (Å²) in [5.74, 6) is -0.461. The van der Waals surface area contributed by atoms with Crippen molar-refractivity contribution in [2.45, 2.75) is 76.2 Å². The smallest absolute Gasteiger partial charge is 0.225 e. The van der Waals surface area contributed by atoms with Crippen LogP contribution in [0.5, 0.6) is 0 Å². The molecule has 2 aliphatic rings. The van der Waals surface area contributed by atoms with Crippen LogP contribution in [0.15, 0.2) is 54.6 Å². The lowest BCUT2D eigenvalue weighted by molar-refractivity contribution is -0.117. The second-order valence-corrected chi connectivity index (χ2v) is 13.2. The predicted octanol–water partition coefficient (Wildman–Crippen LogP) is 5.17. The van der Waals surface area contributed by atoms with E-state index in [4.69, 9.17) is 16.3 Å². The number of carbonyl (C=O) groups is 1. The van der Waals surface area contributed by atoms with Gasteiger partial charge in [-0.25, -0.2) is 17.5 Å². The highest BCUT2D eigenvalue weighted by Gasteiger charge is 2.31. The maximum Gasteiger partial charge on any atom is 0.225 e. The summed E-state index contributed by atoms with van der Waals surface area (Å²) in [7, 11) is -3.58. The molecule has 0 saturated carbocycles. The number of carbonyl (C=O) groups excluding carboxylic acids is 1. The molecule has 8 nitrogen and oxygen atoms in total. The van der Waals surface area contributed by atoms with Crippen molar-refractivity contribution in [3.8, 4) is 0 Å². The van der Waals surface area contributed by atoms with Gasteiger partial charge < -0.3 is 20.5 Å². The Labute approximate surface area is 260 Å². The standard InChI is InChI=1S/C30H39ClFN3O5S.C2H6/c1-20(36)18-33-19-24(35-41(38,39)25-10-11-25)9-12-26-28(32)3-2-4-29(26)34-30(37)17-27(22-13-15-40-16-14-22)21-5-7-23(31)8-6-21;1-2/h2-8,10-11,20,22,24-25,27,33,35-36H,9,12-19H2,1H3,(H,34,37);1-2H3/t20?,24-,27?;/m0./s1. The monoisotopic (exact) mass is 637 g/mol. The van der Waals surface area contributed by atoms with Gasteiger partial charge in [0, 0.05) is 55.0 Å². The van der Waals surface area contributed by atoms with E-state index in [9.17, 15) is 18.3 Å². The molecule has 4 rings (SSSR count). The van der Waals surface area contributed by atoms with E-state index >= 15 is 4.39 Å². The summed E-state index contributed by atoms with van der Waals surface area (Å²) in [5.41, 5.74) is 1.72. The highest BCUT2D eigenvalue weighted by molar-refractivity contribution is 7.90. The minimum absolute atomic E-state index is 0.0389. The molecule has 1 fully saturated rings. The van der Waals surface area contributed by atoms with Gasteiger partial charge in [0.2, 0.25) is 15.9 Å². The van der Waals surface area contributed by atoms with E-state index in [0.29, 0.717) is 36.0 Å². The molecule has 1 aliphatic carbocycles. The normalized spacial score (nSPS) is 17.4. The summed E-state index contributed by atoms with van der Waals surface area (Å²) < 4.78 is 48.4. The van der Waals surface area contributed by atoms with Gasteiger partial charge in [-0.15, -0.1) is 0 Å². The molecule has 2 aromatic carbocycles. The number of nitrogens with one attached hydrogen (secondary N) is 3. The number of benzene rings is 2. The van der Waals surface area contributed by atoms with E-state index in [1.807, 2.05) is 38.1 Å². The molecule has 0 bridgehead atoms. The van der Waals surface area contributed by atoms with Gasteiger partial charge in [0.05, 0.1) is 6.10 Å². The van der Waals surface area contributed by atoms with Gasteiger partial charge in [0.15, 0.2) is 0 Å². The van der Waals surface area contributed by atoms with Crippen LogP contribution >= 0.6 is 11.6 Å². The maximum atomic E-state index is 15.1. The number of ether oxygens (including phenoxy) is 1. The van der Waals surface area contributed by atoms with Crippen molar-refractivity contribution in [3.05, 3.63) is 76.6 Å². The van der Waals surface area contributed by atoms with Gasteiger partial charge >= 0.3 is 0 Å². The Bertz CT molecular complexity index is 1290. The summed E-state index contributed by atoms with van der Waals surface area (Å²) in [6, 6.07) is 11.6. The number of halogens is 2. The van der Waals surface area contributed by atoms with Crippen molar-refractivity contribution in [2.24, 2.45) is 5.92 Å². The summed E-state index contributed by atoms with van der Waals surface area (Å²) in [4.78, 5) is 13.4. The molecular weight excluding hydrogens is 593 g/mol. The van der Waals surface area contributed by atoms with Crippen LogP contribution in [-0.2, 0) is 26.0 Å². The zero-order chi connectivity index (χ0) is 31.4. The zero-order valence-corrected chi connectivity index (χ0v) is 26.8. The molecule has 11 heteroatoms. The minimum Gasteiger partial charge on any atom is -0.392 e. The number of aliphatic hydroxyl groups excluding tert-OH is 1. The molecule has 1 heterocycles. The fraction of sp³-hybridized carbons (Fsp3) is 0.531. The van der Waals surface area contributed by atoms with E-state index in [2.05, 4.69) is 15.4 Å². The van der Waals surface area contributed by atoms with Crippen molar-refractivity contribution < 1.29 is 27.4 Å². The van der Waals surface area contributed by atoms with Crippen LogP contribution in [0, 0.1) is 11.7 Å². The Morgan fingerprint density at radius 2 is 1.77 bits per heavy atom. The number of sulfonamides is 1. The molecule has 0 aromatic heterocycles. The largest absolute Gasteiger partial charge is 0.392 e. The third-order valence-electron chi connectivity index (χ3n) is 7.54. The highest BCUT2D eigenvalue weighted by atomic mass is 35.5. The van der Waals surface area contributed by atoms with Crippen LogP contribution in [-0.4, -0.2) is 63.1 Å². The van der Waals surface area contributed by atoms with Gasteiger partial charge in [-0.3, -0.25) is 4.79 Å². The quantitative estimate of drug-likeness (QED) is 0.200. The number of anilines is 1. The Morgan fingerprint density at radius 1 is 1.09 bits per heavy atom. The molecule has 238 valence electrons. The second kappa shape index (κ2) is 17.2. The first-order valence-corrected chi connectivity index (χ1v) is 17.0. The highest BCUT2D eigenvalue weighted by Crippen LogP contribution is 2.36. The lowest BCUT2D eigenvalue weighted by Gasteiger charge is -2.30. The molecule has 0 spiro atoms. The van der Waals surface area contributed by atoms with Gasteiger partial charge in [0.1, 0.15) is 11.1 Å². The third-order valence-corrected chi connectivity index (χ3v) is 9.49. The summed E-state index contributed by atoms with van der Waals surface area (Å²) in [6.45, 7) is 7.49. The van der Waals surface area contributed by atoms with E-state index in [0.717, 1.165) is 18.4 Å². The van der Waals surface area contributed by atoms with E-state index in [1.54, 1.807) is 31.2 Å². The average molecular weight is 638 g/mol. The molecule has 1 amide bonds. The molecule has 0 radical (unpaired) electrons. The van der Waals surface area contributed by atoms with Crippen LogP contribution in [0.2, 0.25) is 5.02 Å². The number of amides is 1. The van der Waals surface area contributed by atoms with E-state index in [1.165, 1.54) is 6.07 Å². The topological polar surface area (TPSA) is 117 Å². The first-order valence-electron chi connectivity index (χ1n) is 15.1. The second-order valence-electron chi connectivity index (χ2n) is 10.9. The van der Waals surface area contributed by atoms with Gasteiger partial charge in [0.25, 0.3) is 0 Å². The molecule has 2 aromatic rings. The maximum absolute atomic E-state index is 15.1. The molecule has 2 unspecified atom stereocenters. The lowest BCUT2D eigenvalue weighted by atomic mass is 9.79. The summed E-state index contributed by atoms with van der Waals surface area (Å²) in [5, 5.41) is 15.6. The SMILES string of the molecule is CC.CC(O)CNC[C@H](CCc1c(F)cccc1NC(=O)CC(c1ccc(Cl)cc1)C1CCOCC1)NS(=O)(=O)C1C=C1. The summed E-state index contributed by atoms with van der Waals surface area (Å²) in [6.07, 6.45) is 4.99. The van der Waals surface area contributed by atoms with E-state index < -0.39 is 33.2 Å². The first-order chi connectivity index (χ1) is 20.6. The number of hydrogen-bond donors (Lipinski definition) is 4. The first kappa shape index (κ1) is 35.1. The van der Waals surface area contributed by atoms with E-state index in [-0.39, 0.29) is 43.6 Å². The van der Waals surface area contributed by atoms with Crippen molar-refractivity contribution >= 4 is 33.2 Å². The minimum atomic E-state index is -3.58. The van der Waals surface area contributed by atoms with Crippen LogP contribution in [0.4, 0.5) is 10.1 Å². The van der Waals surface area contributed by atoms with Crippen LogP contribution in [0.1, 0.15) is 63.5 Å². The number of rotatable bonds is 15. The zero-order valence-electron chi connectivity index (χ0n) is 25.2. The summed E-state index contributed by atoms with van der Waals surface area (Å²) >= 11 is 6.10. The van der Waals surface area contributed by atoms with Crippen LogP contribution in [0.3, 0.4) is 0 Å². The Balaban J connectivity index is 0.00000248. The van der Waals surface area contributed by atoms with Crippen LogP contribution < -0.4 is 15.4 Å². The molecule has 43 heavy (non-hydrogen) atoms. The predicted molar refractivity (Wildman–Crippen MR) is 170 cm³/mol.